The van der Waals surface area contributed by atoms with Crippen LogP contribution < -0.4 is 0 Å². The van der Waals surface area contributed by atoms with Crippen molar-refractivity contribution in [3.63, 3.8) is 0 Å². The molecule has 0 aliphatic heterocycles. The molecule has 0 aliphatic carbocycles. The summed E-state index contributed by atoms with van der Waals surface area (Å²) in [5, 5.41) is 10.5. The van der Waals surface area contributed by atoms with Crippen LogP contribution in [-0.2, 0) is 5.41 Å². The van der Waals surface area contributed by atoms with E-state index in [4.69, 9.17) is 16.0 Å². The minimum Gasteiger partial charge on any atom is -0.475 e. The fraction of sp³-hybridized carbons (Fsp3) is 0.357. The van der Waals surface area contributed by atoms with Crippen molar-refractivity contribution >= 4 is 28.5 Å². The SMILES string of the molecule is Cc1ccc(Cl)c2c(C(C)(C)C)c(C(=O)O)oc12. The fourth-order valence-corrected chi connectivity index (χ4v) is 2.40. The van der Waals surface area contributed by atoms with Crippen LogP contribution in [0.25, 0.3) is 11.0 Å². The first kappa shape index (κ1) is 13.0. The van der Waals surface area contributed by atoms with Crippen LogP contribution in [0.4, 0.5) is 0 Å². The summed E-state index contributed by atoms with van der Waals surface area (Å²) < 4.78 is 5.51. The fourth-order valence-electron chi connectivity index (χ4n) is 2.16. The van der Waals surface area contributed by atoms with Crippen LogP contribution in [-0.4, -0.2) is 11.1 Å². The Morgan fingerprint density at radius 2 is 1.94 bits per heavy atom. The molecule has 1 aromatic heterocycles. The summed E-state index contributed by atoms with van der Waals surface area (Å²) in [4.78, 5) is 11.3. The van der Waals surface area contributed by atoms with Crippen molar-refractivity contribution in [1.82, 2.24) is 0 Å². The molecule has 2 aromatic rings. The Hall–Kier alpha value is -1.48. The average molecular weight is 267 g/mol. The maximum atomic E-state index is 11.3. The topological polar surface area (TPSA) is 50.4 Å². The van der Waals surface area contributed by atoms with Gasteiger partial charge in [-0.3, -0.25) is 0 Å². The lowest BCUT2D eigenvalue weighted by molar-refractivity contribution is 0.0661. The maximum absolute atomic E-state index is 11.3. The molecule has 2 rings (SSSR count). The summed E-state index contributed by atoms with van der Waals surface area (Å²) in [6.45, 7) is 7.72. The van der Waals surface area contributed by atoms with Crippen molar-refractivity contribution in [3.05, 3.63) is 34.0 Å². The van der Waals surface area contributed by atoms with Crippen LogP contribution >= 0.6 is 11.6 Å². The van der Waals surface area contributed by atoms with Crippen LogP contribution in [0.2, 0.25) is 5.02 Å². The molecular formula is C14H15ClO3. The van der Waals surface area contributed by atoms with Gasteiger partial charge in [-0.25, -0.2) is 4.79 Å². The van der Waals surface area contributed by atoms with E-state index in [-0.39, 0.29) is 11.2 Å². The lowest BCUT2D eigenvalue weighted by Crippen LogP contribution is -2.15. The number of halogens is 1. The van der Waals surface area contributed by atoms with Crippen molar-refractivity contribution in [3.8, 4) is 0 Å². The molecule has 0 aliphatic rings. The van der Waals surface area contributed by atoms with Gasteiger partial charge < -0.3 is 9.52 Å². The number of aromatic carboxylic acids is 1. The molecule has 3 nitrogen and oxygen atoms in total. The van der Waals surface area contributed by atoms with Crippen molar-refractivity contribution in [2.45, 2.75) is 33.1 Å². The van der Waals surface area contributed by atoms with Gasteiger partial charge in [-0.1, -0.05) is 38.4 Å². The van der Waals surface area contributed by atoms with E-state index < -0.39 is 5.97 Å². The number of fused-ring (bicyclic) bond motifs is 1. The molecule has 0 radical (unpaired) electrons. The Balaban J connectivity index is 3.00. The first-order valence-electron chi connectivity index (χ1n) is 5.69. The zero-order chi connectivity index (χ0) is 13.7. The van der Waals surface area contributed by atoms with E-state index in [0.29, 0.717) is 21.6 Å². The van der Waals surface area contributed by atoms with Crippen LogP contribution in [0.15, 0.2) is 16.5 Å². The van der Waals surface area contributed by atoms with Gasteiger partial charge in [0.1, 0.15) is 5.58 Å². The monoisotopic (exact) mass is 266 g/mol. The Morgan fingerprint density at radius 3 is 2.44 bits per heavy atom. The molecule has 0 unspecified atom stereocenters. The Bertz CT molecular complexity index is 633. The molecule has 0 saturated heterocycles. The smallest absolute Gasteiger partial charge is 0.372 e. The molecule has 0 saturated carbocycles. The molecule has 4 heteroatoms. The third-order valence-corrected chi connectivity index (χ3v) is 3.24. The summed E-state index contributed by atoms with van der Waals surface area (Å²) in [7, 11) is 0. The summed E-state index contributed by atoms with van der Waals surface area (Å²) in [5.74, 6) is -1.08. The largest absolute Gasteiger partial charge is 0.475 e. The van der Waals surface area contributed by atoms with Crippen molar-refractivity contribution in [2.24, 2.45) is 0 Å². The lowest BCUT2D eigenvalue weighted by Gasteiger charge is -2.18. The molecular weight excluding hydrogens is 252 g/mol. The second-order valence-corrected chi connectivity index (χ2v) is 5.84. The number of rotatable bonds is 1. The average Bonchev–Trinajstić information content (AvgIpc) is 2.64. The molecule has 1 heterocycles. The zero-order valence-electron chi connectivity index (χ0n) is 10.8. The van der Waals surface area contributed by atoms with E-state index in [1.807, 2.05) is 33.8 Å². The molecule has 1 aromatic carbocycles. The highest BCUT2D eigenvalue weighted by atomic mass is 35.5. The third kappa shape index (κ3) is 1.89. The minimum atomic E-state index is -1.06. The van der Waals surface area contributed by atoms with Gasteiger partial charge in [0.2, 0.25) is 5.76 Å². The Kier molecular flexibility index (Phi) is 2.90. The number of hydrogen-bond acceptors (Lipinski definition) is 2. The normalized spacial score (nSPS) is 12.1. The van der Waals surface area contributed by atoms with Gasteiger partial charge in [-0.05, 0) is 24.0 Å². The Morgan fingerprint density at radius 1 is 1.33 bits per heavy atom. The van der Waals surface area contributed by atoms with E-state index >= 15 is 0 Å². The molecule has 0 atom stereocenters. The first-order chi connectivity index (χ1) is 8.23. The summed E-state index contributed by atoms with van der Waals surface area (Å²) >= 11 is 6.21. The lowest BCUT2D eigenvalue weighted by atomic mass is 9.84. The first-order valence-corrected chi connectivity index (χ1v) is 6.06. The van der Waals surface area contributed by atoms with Crippen LogP contribution in [0.1, 0.15) is 42.5 Å². The van der Waals surface area contributed by atoms with E-state index in [9.17, 15) is 9.90 Å². The molecule has 0 spiro atoms. The number of carboxylic acids is 1. The van der Waals surface area contributed by atoms with Gasteiger partial charge in [0.25, 0.3) is 0 Å². The number of hydrogen-bond donors (Lipinski definition) is 1. The number of benzene rings is 1. The highest BCUT2D eigenvalue weighted by Gasteiger charge is 2.30. The number of furan rings is 1. The molecule has 0 bridgehead atoms. The minimum absolute atomic E-state index is 0.0197. The van der Waals surface area contributed by atoms with Crippen molar-refractivity contribution in [2.75, 3.05) is 0 Å². The highest BCUT2D eigenvalue weighted by Crippen LogP contribution is 2.40. The maximum Gasteiger partial charge on any atom is 0.372 e. The van der Waals surface area contributed by atoms with Crippen LogP contribution in [0.5, 0.6) is 0 Å². The second kappa shape index (κ2) is 4.02. The van der Waals surface area contributed by atoms with Crippen molar-refractivity contribution in [1.29, 1.82) is 0 Å². The quantitative estimate of drug-likeness (QED) is 0.833. The number of aryl methyl sites for hydroxylation is 1. The second-order valence-electron chi connectivity index (χ2n) is 5.43. The molecule has 96 valence electrons. The highest BCUT2D eigenvalue weighted by molar-refractivity contribution is 6.36. The Labute approximate surface area is 110 Å². The van der Waals surface area contributed by atoms with E-state index in [1.54, 1.807) is 6.07 Å². The van der Waals surface area contributed by atoms with E-state index in [2.05, 4.69) is 0 Å². The van der Waals surface area contributed by atoms with Gasteiger partial charge in [0.15, 0.2) is 0 Å². The third-order valence-electron chi connectivity index (χ3n) is 2.93. The van der Waals surface area contributed by atoms with Gasteiger partial charge in [-0.15, -0.1) is 0 Å². The summed E-state index contributed by atoms with van der Waals surface area (Å²) in [6.07, 6.45) is 0. The summed E-state index contributed by atoms with van der Waals surface area (Å²) in [5.41, 5.74) is 1.74. The zero-order valence-corrected chi connectivity index (χ0v) is 11.6. The van der Waals surface area contributed by atoms with E-state index in [1.165, 1.54) is 0 Å². The molecule has 18 heavy (non-hydrogen) atoms. The van der Waals surface area contributed by atoms with Gasteiger partial charge in [-0.2, -0.15) is 0 Å². The summed E-state index contributed by atoms with van der Waals surface area (Å²) in [6, 6.07) is 3.60. The number of carboxylic acid groups (broad SMARTS) is 1. The number of carbonyl (C=O) groups is 1. The van der Waals surface area contributed by atoms with Crippen LogP contribution in [0.3, 0.4) is 0 Å². The predicted molar refractivity (Wildman–Crippen MR) is 71.6 cm³/mol. The van der Waals surface area contributed by atoms with E-state index in [0.717, 1.165) is 5.56 Å². The molecule has 0 fully saturated rings. The molecule has 0 amide bonds. The van der Waals surface area contributed by atoms with Gasteiger partial charge >= 0.3 is 5.97 Å². The molecule has 1 N–H and O–H groups in total. The van der Waals surface area contributed by atoms with Crippen molar-refractivity contribution < 1.29 is 14.3 Å². The predicted octanol–water partition coefficient (Wildman–Crippen LogP) is 4.39. The van der Waals surface area contributed by atoms with Crippen LogP contribution in [0, 0.1) is 6.92 Å². The van der Waals surface area contributed by atoms with Gasteiger partial charge in [0, 0.05) is 10.9 Å². The standard InChI is InChI=1S/C14H15ClO3/c1-7-5-6-8(15)9-10(14(2,3)4)12(13(16)17)18-11(7)9/h5-6H,1-4H3,(H,16,17). The van der Waals surface area contributed by atoms with Gasteiger partial charge in [0.05, 0.1) is 5.02 Å².